The van der Waals surface area contributed by atoms with Crippen LogP contribution in [0.5, 0.6) is 0 Å². The lowest BCUT2D eigenvalue weighted by molar-refractivity contribution is -0.131. The van der Waals surface area contributed by atoms with Crippen LogP contribution >= 0.6 is 15.9 Å². The molecule has 4 nitrogen and oxygen atoms in total. The van der Waals surface area contributed by atoms with E-state index in [2.05, 4.69) is 32.0 Å². The number of fused-ring (bicyclic) bond motifs is 2. The molecule has 0 bridgehead atoms. The van der Waals surface area contributed by atoms with Crippen molar-refractivity contribution in [3.63, 3.8) is 0 Å². The SMILES string of the molecule is O=C(Cc1c[nH]c2cc(Br)ccc12)N1CCc2cccnc2C1. The molecule has 2 aromatic heterocycles. The summed E-state index contributed by atoms with van der Waals surface area (Å²) in [5.41, 5.74) is 4.38. The second kappa shape index (κ2) is 5.81. The summed E-state index contributed by atoms with van der Waals surface area (Å²) >= 11 is 3.47. The second-order valence-corrected chi connectivity index (χ2v) is 6.77. The van der Waals surface area contributed by atoms with Gasteiger partial charge in [-0.25, -0.2) is 0 Å². The van der Waals surface area contributed by atoms with Crippen LogP contribution in [0.1, 0.15) is 16.8 Å². The summed E-state index contributed by atoms with van der Waals surface area (Å²) in [7, 11) is 0. The summed E-state index contributed by atoms with van der Waals surface area (Å²) in [5.74, 6) is 0.158. The third-order valence-corrected chi connectivity index (χ3v) is 4.89. The Hall–Kier alpha value is -2.14. The number of benzene rings is 1. The van der Waals surface area contributed by atoms with Crippen molar-refractivity contribution in [2.75, 3.05) is 6.54 Å². The zero-order valence-corrected chi connectivity index (χ0v) is 14.1. The van der Waals surface area contributed by atoms with E-state index in [9.17, 15) is 4.79 Å². The van der Waals surface area contributed by atoms with Gasteiger partial charge in [0, 0.05) is 34.3 Å². The van der Waals surface area contributed by atoms with E-state index >= 15 is 0 Å². The lowest BCUT2D eigenvalue weighted by Crippen LogP contribution is -2.37. The first-order chi connectivity index (χ1) is 11.2. The van der Waals surface area contributed by atoms with Crippen LogP contribution < -0.4 is 0 Å². The second-order valence-electron chi connectivity index (χ2n) is 5.86. The number of carbonyl (C=O) groups excluding carboxylic acids is 1. The zero-order chi connectivity index (χ0) is 15.8. The predicted octanol–water partition coefficient (Wildman–Crippen LogP) is 3.45. The van der Waals surface area contributed by atoms with Crippen LogP contribution in [0.15, 0.2) is 47.2 Å². The lowest BCUT2D eigenvalue weighted by atomic mass is 10.0. The molecule has 5 heteroatoms. The molecular weight excluding hydrogens is 354 g/mol. The molecule has 1 amide bonds. The number of hydrogen-bond acceptors (Lipinski definition) is 2. The Morgan fingerprint density at radius 2 is 2.26 bits per heavy atom. The minimum atomic E-state index is 0.158. The smallest absolute Gasteiger partial charge is 0.227 e. The van der Waals surface area contributed by atoms with Crippen LogP contribution in [0.25, 0.3) is 10.9 Å². The van der Waals surface area contributed by atoms with Gasteiger partial charge in [-0.15, -0.1) is 0 Å². The van der Waals surface area contributed by atoms with Gasteiger partial charge in [0.15, 0.2) is 0 Å². The lowest BCUT2D eigenvalue weighted by Gasteiger charge is -2.28. The van der Waals surface area contributed by atoms with Gasteiger partial charge in [0.05, 0.1) is 18.7 Å². The van der Waals surface area contributed by atoms with Crippen LogP contribution in [-0.4, -0.2) is 27.3 Å². The molecule has 1 aliphatic heterocycles. The highest BCUT2D eigenvalue weighted by molar-refractivity contribution is 9.10. The molecule has 116 valence electrons. The van der Waals surface area contributed by atoms with Crippen LogP contribution in [0.2, 0.25) is 0 Å². The Bertz CT molecular complexity index is 887. The van der Waals surface area contributed by atoms with E-state index in [-0.39, 0.29) is 5.91 Å². The fraction of sp³-hybridized carbons (Fsp3) is 0.222. The minimum Gasteiger partial charge on any atom is -0.361 e. The number of hydrogen-bond donors (Lipinski definition) is 1. The minimum absolute atomic E-state index is 0.158. The molecule has 1 N–H and O–H groups in total. The molecule has 3 aromatic rings. The van der Waals surface area contributed by atoms with E-state index in [0.29, 0.717) is 13.0 Å². The van der Waals surface area contributed by atoms with Gasteiger partial charge in [0.1, 0.15) is 0 Å². The number of nitrogens with one attached hydrogen (secondary N) is 1. The van der Waals surface area contributed by atoms with Crippen molar-refractivity contribution in [1.29, 1.82) is 0 Å². The van der Waals surface area contributed by atoms with Gasteiger partial charge in [0.25, 0.3) is 0 Å². The standard InChI is InChI=1S/C18H16BrN3O/c19-14-3-4-15-13(10-21-16(15)9-14)8-18(23)22-7-5-12-2-1-6-20-17(12)11-22/h1-4,6,9-10,21H,5,7-8,11H2. The average Bonchev–Trinajstić information content (AvgIpc) is 2.96. The van der Waals surface area contributed by atoms with Gasteiger partial charge in [0.2, 0.25) is 5.91 Å². The molecule has 0 saturated carbocycles. The Balaban J connectivity index is 1.54. The van der Waals surface area contributed by atoms with Gasteiger partial charge in [-0.1, -0.05) is 28.1 Å². The number of pyridine rings is 1. The molecule has 3 heterocycles. The van der Waals surface area contributed by atoms with Crippen molar-refractivity contribution in [2.24, 2.45) is 0 Å². The molecule has 0 unspecified atom stereocenters. The normalized spacial score (nSPS) is 14.0. The molecule has 1 aromatic carbocycles. The van der Waals surface area contributed by atoms with Gasteiger partial charge >= 0.3 is 0 Å². The van der Waals surface area contributed by atoms with Gasteiger partial charge in [-0.05, 0) is 35.7 Å². The zero-order valence-electron chi connectivity index (χ0n) is 12.6. The topological polar surface area (TPSA) is 49.0 Å². The van der Waals surface area contributed by atoms with E-state index in [1.54, 1.807) is 6.20 Å². The predicted molar refractivity (Wildman–Crippen MR) is 93.1 cm³/mol. The van der Waals surface area contributed by atoms with E-state index in [0.717, 1.165) is 39.6 Å². The first-order valence-electron chi connectivity index (χ1n) is 7.67. The summed E-state index contributed by atoms with van der Waals surface area (Å²) in [5, 5.41) is 1.11. The number of nitrogens with zero attached hydrogens (tertiary/aromatic N) is 2. The highest BCUT2D eigenvalue weighted by atomic mass is 79.9. The maximum absolute atomic E-state index is 12.7. The fourth-order valence-corrected chi connectivity index (χ4v) is 3.51. The monoisotopic (exact) mass is 369 g/mol. The van der Waals surface area contributed by atoms with Crippen LogP contribution in [0, 0.1) is 0 Å². The van der Waals surface area contributed by atoms with E-state index in [1.807, 2.05) is 35.4 Å². The summed E-state index contributed by atoms with van der Waals surface area (Å²) in [6.45, 7) is 1.38. The van der Waals surface area contributed by atoms with Crippen molar-refractivity contribution in [3.8, 4) is 0 Å². The van der Waals surface area contributed by atoms with Crippen LogP contribution in [0.4, 0.5) is 0 Å². The maximum atomic E-state index is 12.7. The van der Waals surface area contributed by atoms with Crippen molar-refractivity contribution in [3.05, 3.63) is 64.0 Å². The van der Waals surface area contributed by atoms with E-state index < -0.39 is 0 Å². The van der Waals surface area contributed by atoms with Crippen molar-refractivity contribution in [1.82, 2.24) is 14.9 Å². The van der Waals surface area contributed by atoms with Gasteiger partial charge < -0.3 is 9.88 Å². The number of halogens is 1. The summed E-state index contributed by atoms with van der Waals surface area (Å²) in [6.07, 6.45) is 5.04. The van der Waals surface area contributed by atoms with Crippen molar-refractivity contribution < 1.29 is 4.79 Å². The molecule has 0 aliphatic carbocycles. The van der Waals surface area contributed by atoms with Crippen molar-refractivity contribution >= 4 is 32.7 Å². The molecule has 4 rings (SSSR count). The van der Waals surface area contributed by atoms with Gasteiger partial charge in [-0.2, -0.15) is 0 Å². The summed E-state index contributed by atoms with van der Waals surface area (Å²) in [4.78, 5) is 22.2. The molecule has 1 aliphatic rings. The fourth-order valence-electron chi connectivity index (χ4n) is 3.15. The van der Waals surface area contributed by atoms with Gasteiger partial charge in [-0.3, -0.25) is 9.78 Å². The molecular formula is C18H16BrN3O. The number of amides is 1. The Kier molecular flexibility index (Phi) is 3.65. The number of aromatic nitrogens is 2. The van der Waals surface area contributed by atoms with Crippen LogP contribution in [0.3, 0.4) is 0 Å². The van der Waals surface area contributed by atoms with Crippen LogP contribution in [-0.2, 0) is 24.2 Å². The first kappa shape index (κ1) is 14.5. The Morgan fingerprint density at radius 3 is 3.17 bits per heavy atom. The number of rotatable bonds is 2. The van der Waals surface area contributed by atoms with Crippen molar-refractivity contribution in [2.45, 2.75) is 19.4 Å². The molecule has 23 heavy (non-hydrogen) atoms. The average molecular weight is 370 g/mol. The van der Waals surface area contributed by atoms with E-state index in [4.69, 9.17) is 0 Å². The molecule has 0 radical (unpaired) electrons. The molecule has 0 atom stereocenters. The van der Waals surface area contributed by atoms with E-state index in [1.165, 1.54) is 5.56 Å². The largest absolute Gasteiger partial charge is 0.361 e. The number of aromatic amines is 1. The Morgan fingerprint density at radius 1 is 1.35 bits per heavy atom. The summed E-state index contributed by atoms with van der Waals surface area (Å²) in [6, 6.07) is 10.1. The molecule has 0 spiro atoms. The summed E-state index contributed by atoms with van der Waals surface area (Å²) < 4.78 is 1.03. The maximum Gasteiger partial charge on any atom is 0.227 e. The quantitative estimate of drug-likeness (QED) is 0.751. The number of carbonyl (C=O) groups is 1. The third-order valence-electron chi connectivity index (χ3n) is 4.40. The first-order valence-corrected chi connectivity index (χ1v) is 8.46. The number of H-pyrrole nitrogens is 1. The molecule has 0 fully saturated rings. The highest BCUT2D eigenvalue weighted by Crippen LogP contribution is 2.24. The molecule has 0 saturated heterocycles. The Labute approximate surface area is 142 Å². The highest BCUT2D eigenvalue weighted by Gasteiger charge is 2.22. The third kappa shape index (κ3) is 2.77.